The zero-order chi connectivity index (χ0) is 12.1. The molecule has 1 unspecified atom stereocenters. The topological polar surface area (TPSA) is 61.5 Å². The second-order valence-electron chi connectivity index (χ2n) is 3.21. The number of carbonyl (C=O) groups excluding carboxylic acids is 1. The lowest BCUT2D eigenvalue weighted by Crippen LogP contribution is -2.22. The molecule has 0 spiro atoms. The molecule has 0 saturated heterocycles. The number of benzene rings is 1. The molecule has 0 saturated carbocycles. The van der Waals surface area contributed by atoms with E-state index < -0.39 is 17.7 Å². The molecule has 0 bridgehead atoms. The molecule has 2 N–H and O–H groups in total. The van der Waals surface area contributed by atoms with E-state index in [4.69, 9.17) is 10.5 Å². The fourth-order valence-electron chi connectivity index (χ4n) is 1.41. The van der Waals surface area contributed by atoms with Gasteiger partial charge in [0.2, 0.25) is 0 Å². The van der Waals surface area contributed by atoms with Crippen molar-refractivity contribution in [3.8, 4) is 5.75 Å². The summed E-state index contributed by atoms with van der Waals surface area (Å²) in [7, 11) is 2.64. The van der Waals surface area contributed by atoms with Crippen LogP contribution in [0.2, 0.25) is 0 Å². The Hall–Kier alpha value is -1.62. The van der Waals surface area contributed by atoms with E-state index in [0.717, 1.165) is 0 Å². The SMILES string of the molecule is COC(=O)C(CN)c1ccc(OC)c(F)c1. The number of nitrogens with two attached hydrogens (primary N) is 1. The Labute approximate surface area is 93.2 Å². The third-order valence-electron chi connectivity index (χ3n) is 2.30. The van der Waals surface area contributed by atoms with Crippen molar-refractivity contribution in [3.63, 3.8) is 0 Å². The van der Waals surface area contributed by atoms with Gasteiger partial charge in [0.15, 0.2) is 11.6 Å². The Kier molecular flexibility index (Phi) is 4.25. The van der Waals surface area contributed by atoms with Gasteiger partial charge in [-0.2, -0.15) is 0 Å². The van der Waals surface area contributed by atoms with Crippen LogP contribution in [0.3, 0.4) is 0 Å². The van der Waals surface area contributed by atoms with Gasteiger partial charge >= 0.3 is 5.97 Å². The first-order valence-corrected chi connectivity index (χ1v) is 4.75. The van der Waals surface area contributed by atoms with Crippen LogP contribution >= 0.6 is 0 Å². The van der Waals surface area contributed by atoms with Gasteiger partial charge in [-0.25, -0.2) is 4.39 Å². The van der Waals surface area contributed by atoms with Gasteiger partial charge in [-0.05, 0) is 17.7 Å². The number of rotatable bonds is 4. The Morgan fingerprint density at radius 1 is 1.50 bits per heavy atom. The average molecular weight is 227 g/mol. The van der Waals surface area contributed by atoms with E-state index in [0.29, 0.717) is 5.56 Å². The van der Waals surface area contributed by atoms with Crippen molar-refractivity contribution in [3.05, 3.63) is 29.6 Å². The number of ether oxygens (including phenoxy) is 2. The van der Waals surface area contributed by atoms with Crippen molar-refractivity contribution in [2.45, 2.75) is 5.92 Å². The van der Waals surface area contributed by atoms with E-state index in [-0.39, 0.29) is 12.3 Å². The van der Waals surface area contributed by atoms with Crippen molar-refractivity contribution in [2.75, 3.05) is 20.8 Å². The molecule has 1 aromatic rings. The minimum Gasteiger partial charge on any atom is -0.494 e. The molecule has 0 aromatic heterocycles. The van der Waals surface area contributed by atoms with Gasteiger partial charge in [-0.3, -0.25) is 4.79 Å². The zero-order valence-electron chi connectivity index (χ0n) is 9.20. The maximum atomic E-state index is 13.4. The molecule has 88 valence electrons. The van der Waals surface area contributed by atoms with Gasteiger partial charge in [0.25, 0.3) is 0 Å². The summed E-state index contributed by atoms with van der Waals surface area (Å²) in [6.07, 6.45) is 0. The third kappa shape index (κ3) is 2.49. The maximum Gasteiger partial charge on any atom is 0.314 e. The fraction of sp³-hybridized carbons (Fsp3) is 0.364. The average Bonchev–Trinajstić information content (AvgIpc) is 2.30. The monoisotopic (exact) mass is 227 g/mol. The molecule has 5 heteroatoms. The predicted octanol–water partition coefficient (Wildman–Crippen LogP) is 1.05. The molecule has 16 heavy (non-hydrogen) atoms. The van der Waals surface area contributed by atoms with Crippen LogP contribution in [0, 0.1) is 5.82 Å². The molecule has 1 aromatic carbocycles. The lowest BCUT2D eigenvalue weighted by Gasteiger charge is -2.13. The molecule has 0 heterocycles. The minimum absolute atomic E-state index is 0.0679. The fourth-order valence-corrected chi connectivity index (χ4v) is 1.41. The van der Waals surface area contributed by atoms with E-state index in [1.165, 1.54) is 26.4 Å². The number of methoxy groups -OCH3 is 2. The van der Waals surface area contributed by atoms with Crippen molar-refractivity contribution in [1.82, 2.24) is 0 Å². The first-order chi connectivity index (χ1) is 7.63. The standard InChI is InChI=1S/C11H14FNO3/c1-15-10-4-3-7(5-9(10)12)8(6-13)11(14)16-2/h3-5,8H,6,13H2,1-2H3. The number of hydrogen-bond donors (Lipinski definition) is 1. The molecular formula is C11H14FNO3. The molecule has 0 amide bonds. The van der Waals surface area contributed by atoms with Gasteiger partial charge in [0.1, 0.15) is 0 Å². The summed E-state index contributed by atoms with van der Waals surface area (Å²) in [4.78, 5) is 11.4. The predicted molar refractivity (Wildman–Crippen MR) is 56.8 cm³/mol. The van der Waals surface area contributed by atoms with Crippen LogP contribution in [0.5, 0.6) is 5.75 Å². The summed E-state index contributed by atoms with van der Waals surface area (Å²) in [6.45, 7) is 0.0679. The largest absolute Gasteiger partial charge is 0.494 e. The van der Waals surface area contributed by atoms with E-state index >= 15 is 0 Å². The number of halogens is 1. The van der Waals surface area contributed by atoms with E-state index in [2.05, 4.69) is 4.74 Å². The maximum absolute atomic E-state index is 13.4. The highest BCUT2D eigenvalue weighted by molar-refractivity contribution is 5.78. The summed E-state index contributed by atoms with van der Waals surface area (Å²) in [5.74, 6) is -1.52. The van der Waals surface area contributed by atoms with Crippen molar-refractivity contribution < 1.29 is 18.7 Å². The van der Waals surface area contributed by atoms with Crippen molar-refractivity contribution in [2.24, 2.45) is 5.73 Å². The highest BCUT2D eigenvalue weighted by atomic mass is 19.1. The molecule has 0 fully saturated rings. The van der Waals surface area contributed by atoms with Gasteiger partial charge in [-0.15, -0.1) is 0 Å². The smallest absolute Gasteiger partial charge is 0.314 e. The molecule has 0 aliphatic rings. The molecule has 0 aliphatic carbocycles. The molecular weight excluding hydrogens is 213 g/mol. The molecule has 1 rings (SSSR count). The van der Waals surface area contributed by atoms with Crippen LogP contribution in [0.25, 0.3) is 0 Å². The summed E-state index contributed by atoms with van der Waals surface area (Å²) < 4.78 is 22.8. The number of carbonyl (C=O) groups is 1. The molecule has 0 radical (unpaired) electrons. The van der Waals surface area contributed by atoms with Gasteiger partial charge in [0, 0.05) is 6.54 Å². The highest BCUT2D eigenvalue weighted by Gasteiger charge is 2.20. The summed E-state index contributed by atoms with van der Waals surface area (Å²) in [5, 5.41) is 0. The molecule has 0 aliphatic heterocycles. The van der Waals surface area contributed by atoms with Crippen LogP contribution < -0.4 is 10.5 Å². The third-order valence-corrected chi connectivity index (χ3v) is 2.30. The van der Waals surface area contributed by atoms with Crippen LogP contribution in [-0.2, 0) is 9.53 Å². The first-order valence-electron chi connectivity index (χ1n) is 4.75. The second-order valence-corrected chi connectivity index (χ2v) is 3.21. The van der Waals surface area contributed by atoms with Gasteiger partial charge in [0.05, 0.1) is 20.1 Å². The molecule has 4 nitrogen and oxygen atoms in total. The summed E-state index contributed by atoms with van der Waals surface area (Å²) in [5.41, 5.74) is 5.93. The van der Waals surface area contributed by atoms with Crippen LogP contribution in [0.4, 0.5) is 4.39 Å². The zero-order valence-corrected chi connectivity index (χ0v) is 9.20. The highest BCUT2D eigenvalue weighted by Crippen LogP contribution is 2.23. The van der Waals surface area contributed by atoms with E-state index in [9.17, 15) is 9.18 Å². The summed E-state index contributed by atoms with van der Waals surface area (Å²) in [6, 6.07) is 4.28. The van der Waals surface area contributed by atoms with E-state index in [1.807, 2.05) is 0 Å². The van der Waals surface area contributed by atoms with E-state index in [1.54, 1.807) is 6.07 Å². The lowest BCUT2D eigenvalue weighted by molar-refractivity contribution is -0.142. The summed E-state index contributed by atoms with van der Waals surface area (Å²) >= 11 is 0. The lowest BCUT2D eigenvalue weighted by atomic mass is 9.99. The Bertz CT molecular complexity index is 381. The van der Waals surface area contributed by atoms with Crippen molar-refractivity contribution >= 4 is 5.97 Å². The second kappa shape index (κ2) is 5.46. The number of esters is 1. The van der Waals surface area contributed by atoms with Crippen molar-refractivity contribution in [1.29, 1.82) is 0 Å². The Balaban J connectivity index is 3.03. The van der Waals surface area contributed by atoms with Crippen LogP contribution in [0.1, 0.15) is 11.5 Å². The van der Waals surface area contributed by atoms with Crippen LogP contribution in [0.15, 0.2) is 18.2 Å². The normalized spacial score (nSPS) is 12.0. The van der Waals surface area contributed by atoms with Crippen LogP contribution in [-0.4, -0.2) is 26.7 Å². The Morgan fingerprint density at radius 2 is 2.19 bits per heavy atom. The minimum atomic E-state index is -0.648. The number of hydrogen-bond acceptors (Lipinski definition) is 4. The Morgan fingerprint density at radius 3 is 2.62 bits per heavy atom. The van der Waals surface area contributed by atoms with Gasteiger partial charge < -0.3 is 15.2 Å². The quantitative estimate of drug-likeness (QED) is 0.781. The first kappa shape index (κ1) is 12.4. The molecule has 1 atom stereocenters. The van der Waals surface area contributed by atoms with Gasteiger partial charge in [-0.1, -0.05) is 6.07 Å².